The van der Waals surface area contributed by atoms with Gasteiger partial charge in [-0.1, -0.05) is 0 Å². The quantitative estimate of drug-likeness (QED) is 0.414. The van der Waals surface area contributed by atoms with Crippen LogP contribution in [0.4, 0.5) is 0 Å². The minimum absolute atomic E-state index is 0.822. The fraction of sp³-hybridized carbons (Fsp3) is 0.143. The SMILES string of the molecule is Cc1ccccc1[O][Bi]([O]c1ccccc1C)[O]c1ccccc1C. The summed E-state index contributed by atoms with van der Waals surface area (Å²) in [6.45, 7) is 6.08. The second-order valence-corrected chi connectivity index (χ2v) is 9.66. The van der Waals surface area contributed by atoms with Crippen LogP contribution in [0, 0.1) is 20.8 Å². The van der Waals surface area contributed by atoms with Gasteiger partial charge in [-0.2, -0.15) is 0 Å². The Morgan fingerprint density at radius 3 is 1.04 bits per heavy atom. The van der Waals surface area contributed by atoms with Gasteiger partial charge >= 0.3 is 159 Å². The number of para-hydroxylation sites is 3. The summed E-state index contributed by atoms with van der Waals surface area (Å²) >= 11 is -3.25. The first kappa shape index (κ1) is 17.8. The van der Waals surface area contributed by atoms with Gasteiger partial charge in [0, 0.05) is 0 Å². The molecule has 0 radical (unpaired) electrons. The van der Waals surface area contributed by atoms with Crippen molar-refractivity contribution in [3.05, 3.63) is 89.5 Å². The molecular weight excluding hydrogens is 509 g/mol. The van der Waals surface area contributed by atoms with Crippen LogP contribution >= 0.6 is 0 Å². The number of benzene rings is 3. The van der Waals surface area contributed by atoms with Gasteiger partial charge in [0.2, 0.25) is 0 Å². The third-order valence-corrected chi connectivity index (χ3v) is 7.83. The van der Waals surface area contributed by atoms with Crippen LogP contribution < -0.4 is 8.44 Å². The van der Waals surface area contributed by atoms with E-state index in [1.165, 1.54) is 0 Å². The number of hydrogen-bond donors (Lipinski definition) is 0. The van der Waals surface area contributed by atoms with Crippen LogP contribution in [-0.2, 0) is 0 Å². The van der Waals surface area contributed by atoms with Gasteiger partial charge in [0.1, 0.15) is 0 Å². The first-order valence-corrected chi connectivity index (χ1v) is 12.4. The predicted molar refractivity (Wildman–Crippen MR) is 101 cm³/mol. The molecule has 4 heteroatoms. The minimum atomic E-state index is -3.25. The van der Waals surface area contributed by atoms with Crippen LogP contribution in [0.15, 0.2) is 72.8 Å². The van der Waals surface area contributed by atoms with E-state index in [1.54, 1.807) is 0 Å². The molecular formula is C21H21BiO3. The van der Waals surface area contributed by atoms with Crippen LogP contribution in [-0.4, -0.2) is 23.1 Å². The fourth-order valence-corrected chi connectivity index (χ4v) is 6.97. The summed E-state index contributed by atoms with van der Waals surface area (Å²) in [5, 5.41) is 0. The van der Waals surface area contributed by atoms with Gasteiger partial charge in [-0.25, -0.2) is 0 Å². The molecule has 0 fully saturated rings. The first-order chi connectivity index (χ1) is 12.1. The van der Waals surface area contributed by atoms with Crippen molar-refractivity contribution in [3.8, 4) is 17.2 Å². The van der Waals surface area contributed by atoms with Crippen LogP contribution in [0.2, 0.25) is 0 Å². The van der Waals surface area contributed by atoms with Crippen molar-refractivity contribution in [2.75, 3.05) is 0 Å². The summed E-state index contributed by atoms with van der Waals surface area (Å²) in [7, 11) is 0. The van der Waals surface area contributed by atoms with E-state index < -0.39 is 23.1 Å². The molecule has 0 aliphatic carbocycles. The van der Waals surface area contributed by atoms with Crippen LogP contribution in [0.5, 0.6) is 17.2 Å². The van der Waals surface area contributed by atoms with Crippen LogP contribution in [0.3, 0.4) is 0 Å². The Morgan fingerprint density at radius 1 is 0.480 bits per heavy atom. The monoisotopic (exact) mass is 530 g/mol. The van der Waals surface area contributed by atoms with E-state index in [0.717, 1.165) is 33.9 Å². The van der Waals surface area contributed by atoms with Gasteiger partial charge in [0.15, 0.2) is 0 Å². The third-order valence-electron chi connectivity index (χ3n) is 3.80. The van der Waals surface area contributed by atoms with Gasteiger partial charge in [0.05, 0.1) is 0 Å². The van der Waals surface area contributed by atoms with E-state index in [2.05, 4.69) is 0 Å². The van der Waals surface area contributed by atoms with E-state index >= 15 is 0 Å². The second kappa shape index (κ2) is 8.35. The van der Waals surface area contributed by atoms with Crippen molar-refractivity contribution in [2.24, 2.45) is 0 Å². The molecule has 128 valence electrons. The summed E-state index contributed by atoms with van der Waals surface area (Å²) in [4.78, 5) is 0. The summed E-state index contributed by atoms with van der Waals surface area (Å²) in [6.07, 6.45) is 0. The summed E-state index contributed by atoms with van der Waals surface area (Å²) in [5.74, 6) is 2.47. The van der Waals surface area contributed by atoms with Crippen LogP contribution in [0.1, 0.15) is 16.7 Å². The zero-order chi connectivity index (χ0) is 17.6. The standard InChI is InChI=1S/3C7H8O.Bi/c3*1-6-4-2-3-5-7(6)8;/h3*2-5,8H,1H3;/q;;;+3/p-3. The number of rotatable bonds is 6. The molecule has 0 aliphatic rings. The van der Waals surface area contributed by atoms with Crippen molar-refractivity contribution >= 4 is 23.1 Å². The normalized spacial score (nSPS) is 10.6. The average Bonchev–Trinajstić information content (AvgIpc) is 2.61. The molecule has 0 amide bonds. The first-order valence-electron chi connectivity index (χ1n) is 8.14. The molecule has 0 bridgehead atoms. The fourth-order valence-electron chi connectivity index (χ4n) is 2.27. The molecule has 3 nitrogen and oxygen atoms in total. The predicted octanol–water partition coefficient (Wildman–Crippen LogP) is 5.13. The third kappa shape index (κ3) is 4.73. The molecule has 0 N–H and O–H groups in total. The van der Waals surface area contributed by atoms with Crippen molar-refractivity contribution in [1.29, 1.82) is 0 Å². The summed E-state index contributed by atoms with van der Waals surface area (Å²) in [6, 6.07) is 23.8. The number of aryl methyl sites for hydroxylation is 3. The van der Waals surface area contributed by atoms with Gasteiger partial charge in [0.25, 0.3) is 0 Å². The van der Waals surface area contributed by atoms with Gasteiger partial charge in [-0.05, 0) is 0 Å². The Kier molecular flexibility index (Phi) is 5.93. The zero-order valence-electron chi connectivity index (χ0n) is 14.6. The Hall–Kier alpha value is -2.06. The van der Waals surface area contributed by atoms with Crippen LogP contribution in [0.25, 0.3) is 0 Å². The second-order valence-electron chi connectivity index (χ2n) is 5.79. The molecule has 0 unspecified atom stereocenters. The van der Waals surface area contributed by atoms with E-state index in [9.17, 15) is 0 Å². The molecule has 0 spiro atoms. The summed E-state index contributed by atoms with van der Waals surface area (Å²) < 4.78 is 18.7. The van der Waals surface area contributed by atoms with Gasteiger partial charge < -0.3 is 0 Å². The van der Waals surface area contributed by atoms with Crippen molar-refractivity contribution < 1.29 is 8.44 Å². The molecule has 0 aliphatic heterocycles. The summed E-state index contributed by atoms with van der Waals surface area (Å²) in [5.41, 5.74) is 3.22. The maximum atomic E-state index is 6.22. The van der Waals surface area contributed by atoms with Gasteiger partial charge in [-0.15, -0.1) is 0 Å². The van der Waals surface area contributed by atoms with E-state index in [4.69, 9.17) is 8.44 Å². The Morgan fingerprint density at radius 2 is 0.760 bits per heavy atom. The average molecular weight is 530 g/mol. The molecule has 0 saturated carbocycles. The zero-order valence-corrected chi connectivity index (χ0v) is 18.1. The Labute approximate surface area is 158 Å². The molecule has 0 saturated heterocycles. The molecule has 0 atom stereocenters. The molecule has 0 heterocycles. The molecule has 3 rings (SSSR count). The van der Waals surface area contributed by atoms with Crippen molar-refractivity contribution in [3.63, 3.8) is 0 Å². The van der Waals surface area contributed by atoms with E-state index in [0.29, 0.717) is 0 Å². The topological polar surface area (TPSA) is 27.7 Å². The Bertz CT molecular complexity index is 735. The number of hydrogen-bond acceptors (Lipinski definition) is 3. The van der Waals surface area contributed by atoms with E-state index in [-0.39, 0.29) is 0 Å². The van der Waals surface area contributed by atoms with E-state index in [1.807, 2.05) is 93.6 Å². The van der Waals surface area contributed by atoms with Gasteiger partial charge in [-0.3, -0.25) is 0 Å². The molecule has 25 heavy (non-hydrogen) atoms. The molecule has 0 aromatic heterocycles. The van der Waals surface area contributed by atoms with Crippen molar-refractivity contribution in [2.45, 2.75) is 20.8 Å². The molecule has 3 aromatic rings. The maximum absolute atomic E-state index is 6.22. The molecule has 3 aromatic carbocycles. The Balaban J connectivity index is 1.86. The van der Waals surface area contributed by atoms with Crippen molar-refractivity contribution in [1.82, 2.24) is 0 Å².